The third-order valence-electron chi connectivity index (χ3n) is 1.94. The normalized spacial score (nSPS) is 12.6. The van der Waals surface area contributed by atoms with E-state index in [0.717, 1.165) is 0 Å². The molecule has 0 radical (unpaired) electrons. The molecule has 0 aliphatic rings. The third kappa shape index (κ3) is 2.93. The zero-order valence-corrected chi connectivity index (χ0v) is 11.1. The largest absolute Gasteiger partial charge is 0.252 e. The Balaban J connectivity index is 3.02. The maximum atomic E-state index is 12.1. The monoisotopic (exact) mass is 267 g/mol. The molecule has 1 rings (SSSR count). The van der Waals surface area contributed by atoms with E-state index < -0.39 is 10.0 Å². The van der Waals surface area contributed by atoms with Crippen molar-refractivity contribution in [2.24, 2.45) is 0 Å². The summed E-state index contributed by atoms with van der Waals surface area (Å²) in [5, 5.41) is 1.76. The molecule has 15 heavy (non-hydrogen) atoms. The second-order valence-corrected chi connectivity index (χ2v) is 6.77. The van der Waals surface area contributed by atoms with Gasteiger partial charge in [-0.3, -0.25) is 0 Å². The maximum Gasteiger partial charge on any atom is 0.252 e. The van der Waals surface area contributed by atoms with Crippen LogP contribution in [0.1, 0.15) is 13.8 Å². The summed E-state index contributed by atoms with van der Waals surface area (Å²) in [6.45, 7) is 4.04. The maximum absolute atomic E-state index is 12.1. The highest BCUT2D eigenvalue weighted by Gasteiger charge is 2.26. The molecule has 0 fully saturated rings. The van der Waals surface area contributed by atoms with Gasteiger partial charge in [0.25, 0.3) is 10.0 Å². The van der Waals surface area contributed by atoms with Crippen LogP contribution in [0.4, 0.5) is 0 Å². The zero-order chi connectivity index (χ0) is 11.5. The highest BCUT2D eigenvalue weighted by atomic mass is 35.5. The van der Waals surface area contributed by atoms with Crippen molar-refractivity contribution in [3.05, 3.63) is 17.5 Å². The quantitative estimate of drug-likeness (QED) is 0.768. The summed E-state index contributed by atoms with van der Waals surface area (Å²) in [6, 6.07) is 3.27. The molecule has 0 bridgehead atoms. The number of halogens is 1. The van der Waals surface area contributed by atoms with Crippen molar-refractivity contribution in [2.75, 3.05) is 12.4 Å². The molecule has 1 aromatic heterocycles. The molecule has 0 aliphatic heterocycles. The highest BCUT2D eigenvalue weighted by Crippen LogP contribution is 2.22. The Morgan fingerprint density at radius 3 is 2.60 bits per heavy atom. The number of rotatable bonds is 5. The lowest BCUT2D eigenvalue weighted by atomic mass is 10.4. The predicted octanol–water partition coefficient (Wildman–Crippen LogP) is 2.39. The lowest BCUT2D eigenvalue weighted by Gasteiger charge is -2.24. The van der Waals surface area contributed by atoms with Crippen molar-refractivity contribution in [3.8, 4) is 0 Å². The smallest absolute Gasteiger partial charge is 0.206 e. The van der Waals surface area contributed by atoms with Crippen molar-refractivity contribution < 1.29 is 8.42 Å². The van der Waals surface area contributed by atoms with Gasteiger partial charge in [-0.25, -0.2) is 8.42 Å². The summed E-state index contributed by atoms with van der Waals surface area (Å²) < 4.78 is 26.0. The first-order chi connectivity index (χ1) is 7.00. The molecule has 1 aromatic rings. The molecule has 0 saturated carbocycles. The number of thiophene rings is 1. The van der Waals surface area contributed by atoms with E-state index in [0.29, 0.717) is 16.6 Å². The Bertz CT molecular complexity index is 386. The van der Waals surface area contributed by atoms with Crippen molar-refractivity contribution >= 4 is 33.0 Å². The van der Waals surface area contributed by atoms with Gasteiger partial charge >= 0.3 is 0 Å². The van der Waals surface area contributed by atoms with Gasteiger partial charge in [0, 0.05) is 18.5 Å². The van der Waals surface area contributed by atoms with Crippen LogP contribution in [0.3, 0.4) is 0 Å². The summed E-state index contributed by atoms with van der Waals surface area (Å²) in [5.41, 5.74) is 0. The lowest BCUT2D eigenvalue weighted by molar-refractivity contribution is 0.371. The molecule has 0 aliphatic carbocycles. The first-order valence-electron chi connectivity index (χ1n) is 4.61. The Labute approximate surface area is 99.7 Å². The van der Waals surface area contributed by atoms with E-state index in [1.807, 2.05) is 13.8 Å². The van der Waals surface area contributed by atoms with E-state index in [4.69, 9.17) is 11.6 Å². The molecular weight excluding hydrogens is 254 g/mol. The molecule has 3 nitrogen and oxygen atoms in total. The van der Waals surface area contributed by atoms with E-state index in [-0.39, 0.29) is 6.04 Å². The standard InChI is InChI=1S/C9H14ClNO2S2/c1-8(2)11(6-5-10)15(12,13)9-4-3-7-14-9/h3-4,7-8H,5-6H2,1-2H3. The molecule has 1 heterocycles. The van der Waals surface area contributed by atoms with Crippen LogP contribution >= 0.6 is 22.9 Å². The van der Waals surface area contributed by atoms with Crippen LogP contribution in [0.5, 0.6) is 0 Å². The minimum Gasteiger partial charge on any atom is -0.206 e. The van der Waals surface area contributed by atoms with Gasteiger partial charge in [0.1, 0.15) is 4.21 Å². The van der Waals surface area contributed by atoms with Crippen LogP contribution in [-0.2, 0) is 10.0 Å². The van der Waals surface area contributed by atoms with E-state index in [9.17, 15) is 8.42 Å². The van der Waals surface area contributed by atoms with Gasteiger partial charge in [-0.15, -0.1) is 22.9 Å². The van der Waals surface area contributed by atoms with Crippen LogP contribution in [0.2, 0.25) is 0 Å². The number of sulfonamides is 1. The van der Waals surface area contributed by atoms with E-state index >= 15 is 0 Å². The second kappa shape index (κ2) is 5.30. The van der Waals surface area contributed by atoms with Crippen LogP contribution in [0, 0.1) is 0 Å². The molecule has 0 unspecified atom stereocenters. The van der Waals surface area contributed by atoms with Crippen LogP contribution in [-0.4, -0.2) is 31.2 Å². The molecule has 0 aromatic carbocycles. The van der Waals surface area contributed by atoms with Gasteiger partial charge < -0.3 is 0 Å². The summed E-state index contributed by atoms with van der Waals surface area (Å²) in [7, 11) is -3.35. The van der Waals surface area contributed by atoms with Crippen LogP contribution < -0.4 is 0 Å². The number of nitrogens with zero attached hydrogens (tertiary/aromatic N) is 1. The van der Waals surface area contributed by atoms with E-state index in [2.05, 4.69) is 0 Å². The Morgan fingerprint density at radius 1 is 1.53 bits per heavy atom. The Kier molecular flexibility index (Phi) is 4.58. The topological polar surface area (TPSA) is 37.4 Å². The first-order valence-corrected chi connectivity index (χ1v) is 7.47. The minimum absolute atomic E-state index is 0.0733. The average Bonchev–Trinajstić information content (AvgIpc) is 2.66. The summed E-state index contributed by atoms with van der Waals surface area (Å²) >= 11 is 6.83. The zero-order valence-electron chi connectivity index (χ0n) is 8.68. The highest BCUT2D eigenvalue weighted by molar-refractivity contribution is 7.91. The molecule has 0 N–H and O–H groups in total. The molecule has 0 saturated heterocycles. The second-order valence-electron chi connectivity index (χ2n) is 3.33. The Morgan fingerprint density at radius 2 is 2.20 bits per heavy atom. The van der Waals surface area contributed by atoms with E-state index in [1.54, 1.807) is 17.5 Å². The van der Waals surface area contributed by atoms with Gasteiger partial charge in [0.2, 0.25) is 0 Å². The van der Waals surface area contributed by atoms with Gasteiger partial charge in [0.05, 0.1) is 0 Å². The SMILES string of the molecule is CC(C)N(CCCl)S(=O)(=O)c1cccs1. The number of hydrogen-bond donors (Lipinski definition) is 0. The molecule has 0 amide bonds. The Hall–Kier alpha value is -0.100. The lowest BCUT2D eigenvalue weighted by Crippen LogP contribution is -2.37. The fraction of sp³-hybridized carbons (Fsp3) is 0.556. The van der Waals surface area contributed by atoms with Gasteiger partial charge in [-0.2, -0.15) is 4.31 Å². The summed E-state index contributed by atoms with van der Waals surface area (Å²) in [5.74, 6) is 0.308. The van der Waals surface area contributed by atoms with Gasteiger partial charge in [-0.05, 0) is 25.3 Å². The number of alkyl halides is 1. The molecule has 86 valence electrons. The molecule has 0 atom stereocenters. The van der Waals surface area contributed by atoms with Crippen LogP contribution in [0.15, 0.2) is 21.7 Å². The molecule has 6 heteroatoms. The van der Waals surface area contributed by atoms with E-state index in [1.165, 1.54) is 15.6 Å². The van der Waals surface area contributed by atoms with Crippen molar-refractivity contribution in [2.45, 2.75) is 24.1 Å². The first kappa shape index (κ1) is 13.0. The summed E-state index contributed by atoms with van der Waals surface area (Å²) in [6.07, 6.45) is 0. The van der Waals surface area contributed by atoms with Gasteiger partial charge in [0.15, 0.2) is 0 Å². The minimum atomic E-state index is -3.35. The molecule has 0 spiro atoms. The van der Waals surface area contributed by atoms with Crippen molar-refractivity contribution in [1.82, 2.24) is 4.31 Å². The third-order valence-corrected chi connectivity index (χ3v) is 5.56. The van der Waals surface area contributed by atoms with Crippen LogP contribution in [0.25, 0.3) is 0 Å². The van der Waals surface area contributed by atoms with Crippen molar-refractivity contribution in [3.63, 3.8) is 0 Å². The number of hydrogen-bond acceptors (Lipinski definition) is 3. The average molecular weight is 268 g/mol. The van der Waals surface area contributed by atoms with Gasteiger partial charge in [-0.1, -0.05) is 6.07 Å². The fourth-order valence-electron chi connectivity index (χ4n) is 1.27. The fourth-order valence-corrected chi connectivity index (χ4v) is 4.30. The predicted molar refractivity (Wildman–Crippen MR) is 64.1 cm³/mol. The molecular formula is C9H14ClNO2S2. The van der Waals surface area contributed by atoms with Crippen molar-refractivity contribution in [1.29, 1.82) is 0 Å². The summed E-state index contributed by atoms with van der Waals surface area (Å²) in [4.78, 5) is 0.